The van der Waals surface area contributed by atoms with E-state index in [1.54, 1.807) is 11.8 Å². The first kappa shape index (κ1) is 23.2. The normalized spacial score (nSPS) is 21.2. The Bertz CT molecular complexity index is 281. The molecule has 1 atom stereocenters. The van der Waals surface area contributed by atoms with Crippen LogP contribution in [0.1, 0.15) is 79.5 Å². The second-order valence-corrected chi connectivity index (χ2v) is 8.55. The molecule has 0 radical (unpaired) electrons. The molecule has 0 heterocycles. The molecule has 126 valence electrons. The third kappa shape index (κ3) is 10.9. The Labute approximate surface area is 171 Å². The fourth-order valence-corrected chi connectivity index (χ4v) is 4.76. The number of nitrogens with two attached hydrogens (primary N) is 1. The standard InChI is InChI=1S/C9H17NS2.C8H17N.Na.H/c1-7(12-9(10)11)8-5-3-2-4-6-8;1-2-9-8-6-4-3-5-7-8;;/h7-8H,2-6H2,1H3,(H2,10,11);8-9H,2-7H2,1H3;;/q;;+1;-1. The molecular weight excluding hydrogens is 319 g/mol. The van der Waals surface area contributed by atoms with Crippen molar-refractivity contribution in [3.63, 3.8) is 0 Å². The van der Waals surface area contributed by atoms with Crippen molar-refractivity contribution in [2.24, 2.45) is 11.7 Å². The van der Waals surface area contributed by atoms with Gasteiger partial charge in [0.2, 0.25) is 0 Å². The number of hydrogen-bond acceptors (Lipinski definition) is 3. The van der Waals surface area contributed by atoms with Crippen LogP contribution in [0, 0.1) is 5.92 Å². The second-order valence-electron chi connectivity index (χ2n) is 6.43. The van der Waals surface area contributed by atoms with Crippen molar-refractivity contribution in [1.29, 1.82) is 0 Å². The summed E-state index contributed by atoms with van der Waals surface area (Å²) in [5.74, 6) is 0.852. The Morgan fingerprint density at radius 1 is 1.14 bits per heavy atom. The van der Waals surface area contributed by atoms with Gasteiger partial charge < -0.3 is 12.5 Å². The van der Waals surface area contributed by atoms with Crippen molar-refractivity contribution in [2.45, 2.75) is 89.3 Å². The Hall–Kier alpha value is 1.20. The van der Waals surface area contributed by atoms with E-state index in [0.29, 0.717) is 9.57 Å². The summed E-state index contributed by atoms with van der Waals surface area (Å²) in [4.78, 5) is 0. The molecule has 0 amide bonds. The average molecular weight is 355 g/mol. The summed E-state index contributed by atoms with van der Waals surface area (Å²) < 4.78 is 0.605. The van der Waals surface area contributed by atoms with Gasteiger partial charge in [0.05, 0.1) is 0 Å². The zero-order valence-corrected chi connectivity index (χ0v) is 18.5. The van der Waals surface area contributed by atoms with Gasteiger partial charge in [0, 0.05) is 11.3 Å². The van der Waals surface area contributed by atoms with E-state index in [1.165, 1.54) is 64.2 Å². The molecule has 1 unspecified atom stereocenters. The van der Waals surface area contributed by atoms with E-state index in [9.17, 15) is 0 Å². The zero-order valence-electron chi connectivity index (χ0n) is 15.9. The molecule has 2 rings (SSSR count). The van der Waals surface area contributed by atoms with Crippen LogP contribution in [0.3, 0.4) is 0 Å². The maximum absolute atomic E-state index is 5.49. The molecule has 2 nitrogen and oxygen atoms in total. The first-order valence-corrected chi connectivity index (χ1v) is 10.1. The Balaban J connectivity index is 0. The summed E-state index contributed by atoms with van der Waals surface area (Å²) in [6, 6.07) is 0.851. The SMILES string of the molecule is CC(SC(N)=S)C1CCCCC1.CCNC1CCCCC1.[H-].[Na+]. The number of rotatable bonds is 4. The van der Waals surface area contributed by atoms with Crippen LogP contribution < -0.4 is 40.6 Å². The van der Waals surface area contributed by atoms with Gasteiger partial charge in [-0.25, -0.2) is 0 Å². The second kappa shape index (κ2) is 14.5. The van der Waals surface area contributed by atoms with Gasteiger partial charge in [-0.2, -0.15) is 0 Å². The van der Waals surface area contributed by atoms with Crippen LogP contribution in [0.5, 0.6) is 0 Å². The Morgan fingerprint density at radius 3 is 2.09 bits per heavy atom. The van der Waals surface area contributed by atoms with Crippen molar-refractivity contribution < 1.29 is 31.0 Å². The van der Waals surface area contributed by atoms with Crippen LogP contribution in [0.4, 0.5) is 0 Å². The van der Waals surface area contributed by atoms with Gasteiger partial charge in [-0.05, 0) is 38.1 Å². The number of thiocarbonyl (C=S) groups is 1. The molecule has 2 aliphatic carbocycles. The van der Waals surface area contributed by atoms with E-state index in [-0.39, 0.29) is 31.0 Å². The van der Waals surface area contributed by atoms with E-state index >= 15 is 0 Å². The quantitative estimate of drug-likeness (QED) is 0.598. The molecule has 0 bridgehead atoms. The minimum Gasteiger partial charge on any atom is -1.00 e. The van der Waals surface area contributed by atoms with Gasteiger partial charge in [0.25, 0.3) is 0 Å². The monoisotopic (exact) mass is 354 g/mol. The Morgan fingerprint density at radius 2 is 1.64 bits per heavy atom. The maximum Gasteiger partial charge on any atom is 1.00 e. The molecule has 2 fully saturated rings. The predicted molar refractivity (Wildman–Crippen MR) is 102 cm³/mol. The molecule has 0 aliphatic heterocycles. The molecule has 0 aromatic heterocycles. The van der Waals surface area contributed by atoms with Crippen LogP contribution in [0.2, 0.25) is 0 Å². The van der Waals surface area contributed by atoms with Gasteiger partial charge in [0.1, 0.15) is 4.32 Å². The molecular formula is C17H35N2NaS2. The molecule has 2 aliphatic rings. The molecule has 22 heavy (non-hydrogen) atoms. The third-order valence-electron chi connectivity index (χ3n) is 4.71. The van der Waals surface area contributed by atoms with Crippen LogP contribution in [-0.4, -0.2) is 22.2 Å². The van der Waals surface area contributed by atoms with E-state index in [4.69, 9.17) is 18.0 Å². The van der Waals surface area contributed by atoms with Gasteiger partial charge in [-0.3, -0.25) is 0 Å². The van der Waals surface area contributed by atoms with Gasteiger partial charge in [0.15, 0.2) is 0 Å². The smallest absolute Gasteiger partial charge is 1.00 e. The topological polar surface area (TPSA) is 38.0 Å². The van der Waals surface area contributed by atoms with Crippen molar-refractivity contribution >= 4 is 28.3 Å². The van der Waals surface area contributed by atoms with Gasteiger partial charge in [-0.1, -0.05) is 76.4 Å². The number of thioether (sulfide) groups is 1. The Kier molecular flexibility index (Phi) is 15.3. The van der Waals surface area contributed by atoms with Crippen molar-refractivity contribution in [1.82, 2.24) is 5.32 Å². The molecule has 3 N–H and O–H groups in total. The zero-order chi connectivity index (χ0) is 15.5. The fourth-order valence-electron chi connectivity index (χ4n) is 3.48. The first-order chi connectivity index (χ1) is 10.1. The predicted octanol–water partition coefficient (Wildman–Crippen LogP) is 1.98. The van der Waals surface area contributed by atoms with E-state index < -0.39 is 0 Å². The first-order valence-electron chi connectivity index (χ1n) is 8.83. The molecule has 0 aromatic carbocycles. The van der Waals surface area contributed by atoms with Crippen molar-refractivity contribution in [2.75, 3.05) is 6.54 Å². The van der Waals surface area contributed by atoms with E-state index in [1.807, 2.05) is 0 Å². The molecule has 0 aromatic rings. The molecule has 2 saturated carbocycles. The van der Waals surface area contributed by atoms with Crippen LogP contribution in [0.15, 0.2) is 0 Å². The van der Waals surface area contributed by atoms with Crippen LogP contribution >= 0.6 is 24.0 Å². The summed E-state index contributed by atoms with van der Waals surface area (Å²) in [6.07, 6.45) is 14.1. The molecule has 5 heteroatoms. The van der Waals surface area contributed by atoms with E-state index in [0.717, 1.165) is 18.5 Å². The summed E-state index contributed by atoms with van der Waals surface area (Å²) in [5, 5.41) is 4.11. The summed E-state index contributed by atoms with van der Waals surface area (Å²) >= 11 is 6.55. The van der Waals surface area contributed by atoms with Crippen LogP contribution in [-0.2, 0) is 0 Å². The van der Waals surface area contributed by atoms with Crippen molar-refractivity contribution in [3.05, 3.63) is 0 Å². The largest absolute Gasteiger partial charge is 1.00 e. The van der Waals surface area contributed by atoms with Crippen molar-refractivity contribution in [3.8, 4) is 0 Å². The van der Waals surface area contributed by atoms with Crippen LogP contribution in [0.25, 0.3) is 0 Å². The maximum atomic E-state index is 5.49. The third-order valence-corrected chi connectivity index (χ3v) is 5.99. The summed E-state index contributed by atoms with van der Waals surface area (Å²) in [7, 11) is 0. The van der Waals surface area contributed by atoms with E-state index in [2.05, 4.69) is 19.2 Å². The van der Waals surface area contributed by atoms with Gasteiger partial charge >= 0.3 is 29.6 Å². The summed E-state index contributed by atoms with van der Waals surface area (Å²) in [6.45, 7) is 5.58. The fraction of sp³-hybridized carbons (Fsp3) is 0.941. The molecule has 0 spiro atoms. The molecule has 0 saturated heterocycles. The van der Waals surface area contributed by atoms with Gasteiger partial charge in [-0.15, -0.1) is 0 Å². The summed E-state index contributed by atoms with van der Waals surface area (Å²) in [5.41, 5.74) is 5.49. The minimum atomic E-state index is 0. The number of nitrogens with one attached hydrogen (secondary N) is 1. The number of hydrogen-bond donors (Lipinski definition) is 2. The average Bonchev–Trinajstić information content (AvgIpc) is 2.49. The minimum absolute atomic E-state index is 0.